The van der Waals surface area contributed by atoms with Gasteiger partial charge in [-0.1, -0.05) is 12.2 Å². The summed E-state index contributed by atoms with van der Waals surface area (Å²) < 4.78 is 5.34. The number of H-pyrrole nitrogens is 1. The van der Waals surface area contributed by atoms with Gasteiger partial charge >= 0.3 is 0 Å². The van der Waals surface area contributed by atoms with Crippen molar-refractivity contribution in [3.8, 4) is 5.75 Å². The Morgan fingerprint density at radius 1 is 1.15 bits per heavy atom. The van der Waals surface area contributed by atoms with Crippen LogP contribution in [-0.4, -0.2) is 35.4 Å². The molecule has 1 aliphatic heterocycles. The summed E-state index contributed by atoms with van der Waals surface area (Å²) in [4.78, 5) is 30.6. The van der Waals surface area contributed by atoms with Gasteiger partial charge in [-0.2, -0.15) is 0 Å². The average Bonchev–Trinajstić information content (AvgIpc) is 3.37. The lowest BCUT2D eigenvalue weighted by molar-refractivity contribution is -0.140. The lowest BCUT2D eigenvalue weighted by atomic mass is 9.85. The third-order valence-corrected chi connectivity index (χ3v) is 6.47. The number of carbonyl (C=O) groups excluding carboxylic acids is 2. The molecule has 2 aliphatic carbocycles. The number of nitrogens with one attached hydrogen (secondary N) is 1. The summed E-state index contributed by atoms with van der Waals surface area (Å²) in [5.74, 6) is 1.20. The molecule has 3 aliphatic rings. The topological polar surface area (TPSA) is 62.4 Å². The number of hydrogen-bond donors (Lipinski definition) is 1. The molecule has 2 heterocycles. The number of aromatic nitrogens is 1. The predicted molar refractivity (Wildman–Crippen MR) is 97.7 cm³/mol. The number of allylic oxidation sites excluding steroid dienone is 2. The number of rotatable bonds is 4. The first-order valence-electron chi connectivity index (χ1n) is 9.27. The van der Waals surface area contributed by atoms with E-state index in [9.17, 15) is 9.59 Å². The molecule has 134 valence electrons. The number of carbonyl (C=O) groups is 2. The molecule has 1 saturated heterocycles. The van der Waals surface area contributed by atoms with Gasteiger partial charge in [0.15, 0.2) is 0 Å². The fourth-order valence-electron chi connectivity index (χ4n) is 5.22. The molecule has 1 saturated carbocycles. The van der Waals surface area contributed by atoms with Gasteiger partial charge in [-0.05, 0) is 55.4 Å². The van der Waals surface area contributed by atoms with Crippen LogP contribution >= 0.6 is 0 Å². The van der Waals surface area contributed by atoms with Crippen LogP contribution in [0.15, 0.2) is 30.4 Å². The second kappa shape index (κ2) is 5.47. The third-order valence-electron chi connectivity index (χ3n) is 6.47. The molecule has 26 heavy (non-hydrogen) atoms. The van der Waals surface area contributed by atoms with Crippen molar-refractivity contribution in [2.45, 2.75) is 19.8 Å². The Labute approximate surface area is 152 Å². The van der Waals surface area contributed by atoms with Crippen LogP contribution in [0.3, 0.4) is 0 Å². The van der Waals surface area contributed by atoms with Crippen LogP contribution in [0.25, 0.3) is 10.9 Å². The average molecular weight is 350 g/mol. The number of likely N-dealkylation sites (tertiary alicyclic amines) is 1. The van der Waals surface area contributed by atoms with Crippen molar-refractivity contribution in [1.82, 2.24) is 9.88 Å². The molecular formula is C21H22N2O3. The molecule has 0 unspecified atom stereocenters. The molecule has 5 heteroatoms. The van der Waals surface area contributed by atoms with Crippen LogP contribution in [0.4, 0.5) is 0 Å². The van der Waals surface area contributed by atoms with Crippen LogP contribution in [0.5, 0.6) is 5.75 Å². The number of benzene rings is 1. The highest BCUT2D eigenvalue weighted by Crippen LogP contribution is 2.52. The largest absolute Gasteiger partial charge is 0.497 e. The highest BCUT2D eigenvalue weighted by atomic mass is 16.5. The van der Waals surface area contributed by atoms with Crippen molar-refractivity contribution in [1.29, 1.82) is 0 Å². The maximum absolute atomic E-state index is 12.8. The van der Waals surface area contributed by atoms with E-state index in [4.69, 9.17) is 4.74 Å². The first-order valence-corrected chi connectivity index (χ1v) is 9.27. The number of aromatic amines is 1. The zero-order valence-corrected chi connectivity index (χ0v) is 15.0. The number of fused-ring (bicyclic) bond motifs is 6. The van der Waals surface area contributed by atoms with Crippen molar-refractivity contribution in [2.75, 3.05) is 13.7 Å². The van der Waals surface area contributed by atoms with E-state index in [0.29, 0.717) is 13.0 Å². The molecule has 5 rings (SSSR count). The van der Waals surface area contributed by atoms with Gasteiger partial charge in [-0.25, -0.2) is 0 Å². The van der Waals surface area contributed by atoms with Gasteiger partial charge < -0.3 is 9.72 Å². The highest BCUT2D eigenvalue weighted by molar-refractivity contribution is 6.06. The van der Waals surface area contributed by atoms with E-state index < -0.39 is 0 Å². The molecule has 1 aromatic heterocycles. The van der Waals surface area contributed by atoms with Crippen molar-refractivity contribution in [2.24, 2.45) is 23.7 Å². The Morgan fingerprint density at radius 2 is 1.85 bits per heavy atom. The van der Waals surface area contributed by atoms with E-state index in [1.807, 2.05) is 25.1 Å². The van der Waals surface area contributed by atoms with Gasteiger partial charge in [0.1, 0.15) is 5.75 Å². The number of methoxy groups -OCH3 is 1. The minimum Gasteiger partial charge on any atom is -0.497 e. The molecule has 2 amide bonds. The number of aryl methyl sites for hydroxylation is 1. The zero-order valence-electron chi connectivity index (χ0n) is 15.0. The first kappa shape index (κ1) is 15.7. The minimum atomic E-state index is -0.110. The first-order chi connectivity index (χ1) is 12.6. The zero-order chi connectivity index (χ0) is 18.0. The fraction of sp³-hybridized carbons (Fsp3) is 0.429. The maximum atomic E-state index is 12.8. The van der Waals surface area contributed by atoms with Crippen LogP contribution in [0.2, 0.25) is 0 Å². The Bertz CT molecular complexity index is 928. The SMILES string of the molecule is COc1ccc2[nH]c(C)c(CCN3C(=O)[C@H]4[C@H](C3=O)[C@H]3C=C[C@H]4C3)c2c1. The van der Waals surface area contributed by atoms with Crippen molar-refractivity contribution in [3.63, 3.8) is 0 Å². The van der Waals surface area contributed by atoms with Gasteiger partial charge in [0.2, 0.25) is 11.8 Å². The summed E-state index contributed by atoms with van der Waals surface area (Å²) in [7, 11) is 1.66. The smallest absolute Gasteiger partial charge is 0.233 e. The molecular weight excluding hydrogens is 328 g/mol. The van der Waals surface area contributed by atoms with Gasteiger partial charge in [0.25, 0.3) is 0 Å². The molecule has 1 N–H and O–H groups in total. The van der Waals surface area contributed by atoms with E-state index in [1.165, 1.54) is 4.90 Å². The summed E-state index contributed by atoms with van der Waals surface area (Å²) >= 11 is 0. The lowest BCUT2D eigenvalue weighted by Crippen LogP contribution is -2.34. The van der Waals surface area contributed by atoms with E-state index in [2.05, 4.69) is 17.1 Å². The number of nitrogens with zero attached hydrogens (tertiary/aromatic N) is 1. The quantitative estimate of drug-likeness (QED) is 0.681. The second-order valence-electron chi connectivity index (χ2n) is 7.72. The molecule has 5 nitrogen and oxygen atoms in total. The molecule has 4 atom stereocenters. The summed E-state index contributed by atoms with van der Waals surface area (Å²) in [6.45, 7) is 2.49. The monoisotopic (exact) mass is 350 g/mol. The normalized spacial score (nSPS) is 29.2. The Hall–Kier alpha value is -2.56. The number of ether oxygens (including phenoxy) is 1. The van der Waals surface area contributed by atoms with Gasteiger partial charge in [-0.3, -0.25) is 14.5 Å². The van der Waals surface area contributed by atoms with Gasteiger partial charge in [0.05, 0.1) is 18.9 Å². The van der Waals surface area contributed by atoms with Crippen molar-refractivity contribution in [3.05, 3.63) is 41.6 Å². The summed E-state index contributed by atoms with van der Waals surface area (Å²) in [6, 6.07) is 5.95. The van der Waals surface area contributed by atoms with Gasteiger partial charge in [0, 0.05) is 23.1 Å². The Kier molecular flexibility index (Phi) is 3.30. The van der Waals surface area contributed by atoms with Crippen LogP contribution in [-0.2, 0) is 16.0 Å². The summed E-state index contributed by atoms with van der Waals surface area (Å²) in [5.41, 5.74) is 3.28. The van der Waals surface area contributed by atoms with Crippen molar-refractivity contribution < 1.29 is 14.3 Å². The van der Waals surface area contributed by atoms with Crippen LogP contribution in [0, 0.1) is 30.6 Å². The fourth-order valence-corrected chi connectivity index (χ4v) is 5.22. The standard InChI is InChI=1S/C21H22N2O3/c1-11-15(16-10-14(26-2)5-6-17(16)22-11)7-8-23-20(24)18-12-3-4-13(9-12)19(18)21(23)25/h3-6,10,12-13,18-19,22H,7-9H2,1-2H3/t12-,13-,18+,19+/m0/s1. The molecule has 2 bridgehead atoms. The van der Waals surface area contributed by atoms with Gasteiger partial charge in [-0.15, -0.1) is 0 Å². The summed E-state index contributed by atoms with van der Waals surface area (Å²) in [6.07, 6.45) is 5.91. The maximum Gasteiger partial charge on any atom is 0.233 e. The number of hydrogen-bond acceptors (Lipinski definition) is 3. The minimum absolute atomic E-state index is 0.0342. The second-order valence-corrected chi connectivity index (χ2v) is 7.72. The Balaban J connectivity index is 1.40. The molecule has 0 spiro atoms. The Morgan fingerprint density at radius 3 is 2.50 bits per heavy atom. The number of imide groups is 1. The lowest BCUT2D eigenvalue weighted by Gasteiger charge is -2.17. The van der Waals surface area contributed by atoms with Crippen LogP contribution < -0.4 is 4.74 Å². The summed E-state index contributed by atoms with van der Waals surface area (Å²) in [5, 5.41) is 1.10. The van der Waals surface area contributed by atoms with Crippen molar-refractivity contribution >= 4 is 22.7 Å². The predicted octanol–water partition coefficient (Wildman–Crippen LogP) is 2.83. The number of amides is 2. The molecule has 2 aromatic rings. The van der Waals surface area contributed by atoms with Crippen LogP contribution in [0.1, 0.15) is 17.7 Å². The highest BCUT2D eigenvalue weighted by Gasteiger charge is 2.58. The molecule has 1 aromatic carbocycles. The third kappa shape index (κ3) is 2.03. The van der Waals surface area contributed by atoms with E-state index in [0.717, 1.165) is 34.3 Å². The molecule has 2 fully saturated rings. The van der Waals surface area contributed by atoms with E-state index in [-0.39, 0.29) is 35.5 Å². The van der Waals surface area contributed by atoms with E-state index >= 15 is 0 Å². The van der Waals surface area contributed by atoms with E-state index in [1.54, 1.807) is 7.11 Å². The molecule has 0 radical (unpaired) electrons.